The van der Waals surface area contributed by atoms with Crippen LogP contribution in [0.1, 0.15) is 11.8 Å². The minimum absolute atomic E-state index is 0.403. The first kappa shape index (κ1) is 11.9. The van der Waals surface area contributed by atoms with Crippen LogP contribution in [-0.2, 0) is 6.42 Å². The van der Waals surface area contributed by atoms with Crippen LogP contribution < -0.4 is 10.6 Å². The Morgan fingerprint density at radius 3 is 2.88 bits per heavy atom. The standard InChI is InChI=1S/C13H17N3S/c1-10(9-11-5-4-8-17-11)16(2)12-6-3-7-15-13(12)14/h3-8,10H,9H2,1-2H3,(H2,14,15). The molecular formula is C13H17N3S. The maximum atomic E-state index is 5.88. The normalized spacial score (nSPS) is 12.4. The van der Waals surface area contributed by atoms with Gasteiger partial charge in [0.1, 0.15) is 5.82 Å². The molecule has 0 bridgehead atoms. The Morgan fingerprint density at radius 1 is 1.41 bits per heavy atom. The van der Waals surface area contributed by atoms with Gasteiger partial charge < -0.3 is 10.6 Å². The molecule has 0 aliphatic carbocycles. The molecule has 0 radical (unpaired) electrons. The summed E-state index contributed by atoms with van der Waals surface area (Å²) in [6.07, 6.45) is 2.75. The van der Waals surface area contributed by atoms with Crippen LogP contribution in [0.2, 0.25) is 0 Å². The fourth-order valence-corrected chi connectivity index (χ4v) is 2.63. The summed E-state index contributed by atoms with van der Waals surface area (Å²) in [5, 5.41) is 2.11. The number of thiophene rings is 1. The van der Waals surface area contributed by atoms with Crippen molar-refractivity contribution < 1.29 is 0 Å². The van der Waals surface area contributed by atoms with Crippen LogP contribution in [0.5, 0.6) is 0 Å². The van der Waals surface area contributed by atoms with Gasteiger partial charge in [-0.05, 0) is 30.5 Å². The van der Waals surface area contributed by atoms with Crippen molar-refractivity contribution in [3.05, 3.63) is 40.7 Å². The van der Waals surface area contributed by atoms with Crippen molar-refractivity contribution in [3.8, 4) is 0 Å². The lowest BCUT2D eigenvalue weighted by atomic mass is 10.1. The van der Waals surface area contributed by atoms with Crippen molar-refractivity contribution in [2.24, 2.45) is 0 Å². The molecule has 1 unspecified atom stereocenters. The molecule has 0 saturated carbocycles. The van der Waals surface area contributed by atoms with E-state index >= 15 is 0 Å². The quantitative estimate of drug-likeness (QED) is 0.903. The summed E-state index contributed by atoms with van der Waals surface area (Å²) in [5.74, 6) is 0.591. The molecule has 0 fully saturated rings. The van der Waals surface area contributed by atoms with Crippen molar-refractivity contribution in [2.45, 2.75) is 19.4 Å². The van der Waals surface area contributed by atoms with Crippen molar-refractivity contribution in [1.82, 2.24) is 4.98 Å². The van der Waals surface area contributed by atoms with Crippen LogP contribution in [0, 0.1) is 0 Å². The first-order valence-corrected chi connectivity index (χ1v) is 6.52. The molecule has 90 valence electrons. The first-order valence-electron chi connectivity index (χ1n) is 5.64. The van der Waals surface area contributed by atoms with Crippen molar-refractivity contribution >= 4 is 22.8 Å². The maximum absolute atomic E-state index is 5.88. The van der Waals surface area contributed by atoms with Crippen LogP contribution in [0.3, 0.4) is 0 Å². The van der Waals surface area contributed by atoms with E-state index in [0.717, 1.165) is 12.1 Å². The number of anilines is 2. The first-order chi connectivity index (χ1) is 8.18. The molecule has 4 heteroatoms. The summed E-state index contributed by atoms with van der Waals surface area (Å²) in [4.78, 5) is 7.70. The van der Waals surface area contributed by atoms with Crippen molar-refractivity contribution in [1.29, 1.82) is 0 Å². The highest BCUT2D eigenvalue weighted by Gasteiger charge is 2.13. The highest BCUT2D eigenvalue weighted by molar-refractivity contribution is 7.09. The summed E-state index contributed by atoms with van der Waals surface area (Å²) >= 11 is 1.79. The van der Waals surface area contributed by atoms with Gasteiger partial charge in [-0.15, -0.1) is 11.3 Å². The van der Waals surface area contributed by atoms with Crippen LogP contribution in [0.15, 0.2) is 35.8 Å². The molecule has 0 amide bonds. The zero-order chi connectivity index (χ0) is 12.3. The predicted molar refractivity (Wildman–Crippen MR) is 74.5 cm³/mol. The molecule has 1 atom stereocenters. The summed E-state index contributed by atoms with van der Waals surface area (Å²) in [6, 6.07) is 8.58. The lowest BCUT2D eigenvalue weighted by molar-refractivity contribution is 0.688. The minimum Gasteiger partial charge on any atom is -0.382 e. The molecule has 17 heavy (non-hydrogen) atoms. The van der Waals surface area contributed by atoms with E-state index in [-0.39, 0.29) is 0 Å². The van der Waals surface area contributed by atoms with Gasteiger partial charge in [0, 0.05) is 30.6 Å². The van der Waals surface area contributed by atoms with Crippen molar-refractivity contribution in [2.75, 3.05) is 17.7 Å². The van der Waals surface area contributed by atoms with Crippen molar-refractivity contribution in [3.63, 3.8) is 0 Å². The molecule has 0 saturated heterocycles. The number of nitrogen functional groups attached to an aromatic ring is 1. The Morgan fingerprint density at radius 2 is 2.24 bits per heavy atom. The minimum atomic E-state index is 0.403. The summed E-state index contributed by atoms with van der Waals surface area (Å²) in [7, 11) is 2.06. The molecule has 3 nitrogen and oxygen atoms in total. The topological polar surface area (TPSA) is 42.2 Å². The number of nitrogens with two attached hydrogens (primary N) is 1. The van der Waals surface area contributed by atoms with E-state index in [0.29, 0.717) is 11.9 Å². The number of rotatable bonds is 4. The lowest BCUT2D eigenvalue weighted by Gasteiger charge is -2.27. The monoisotopic (exact) mass is 247 g/mol. The Balaban J connectivity index is 2.09. The third-order valence-corrected chi connectivity index (χ3v) is 3.83. The van der Waals surface area contributed by atoms with Gasteiger partial charge in [-0.25, -0.2) is 4.98 Å². The molecule has 0 aromatic carbocycles. The Kier molecular flexibility index (Phi) is 3.64. The van der Waals surface area contributed by atoms with Gasteiger partial charge in [0.25, 0.3) is 0 Å². The number of hydrogen-bond acceptors (Lipinski definition) is 4. The van der Waals surface area contributed by atoms with E-state index in [2.05, 4.69) is 41.4 Å². The molecule has 2 N–H and O–H groups in total. The van der Waals surface area contributed by atoms with Crippen LogP contribution in [0.25, 0.3) is 0 Å². The number of nitrogens with zero attached hydrogens (tertiary/aromatic N) is 2. The second-order valence-electron chi connectivity index (χ2n) is 4.15. The van der Waals surface area contributed by atoms with Gasteiger partial charge in [0.15, 0.2) is 0 Å². The fraction of sp³-hybridized carbons (Fsp3) is 0.308. The van der Waals surface area contributed by atoms with Crippen LogP contribution in [0.4, 0.5) is 11.5 Å². The Labute approximate surface area is 106 Å². The molecule has 0 aliphatic heterocycles. The molecule has 2 rings (SSSR count). The van der Waals surface area contributed by atoms with Crippen LogP contribution in [-0.4, -0.2) is 18.1 Å². The third-order valence-electron chi connectivity index (χ3n) is 2.93. The summed E-state index contributed by atoms with van der Waals surface area (Å²) < 4.78 is 0. The van der Waals surface area contributed by atoms with Gasteiger partial charge in [-0.1, -0.05) is 6.07 Å². The van der Waals surface area contributed by atoms with E-state index in [4.69, 9.17) is 5.73 Å². The second kappa shape index (κ2) is 5.19. The van der Waals surface area contributed by atoms with Gasteiger partial charge in [0.05, 0.1) is 5.69 Å². The zero-order valence-electron chi connectivity index (χ0n) is 10.1. The van der Waals surface area contributed by atoms with Gasteiger partial charge in [-0.3, -0.25) is 0 Å². The Bertz CT molecular complexity index is 467. The number of aromatic nitrogens is 1. The SMILES string of the molecule is CC(Cc1cccs1)N(C)c1cccnc1N. The fourth-order valence-electron chi connectivity index (χ4n) is 1.80. The molecular weight excluding hydrogens is 230 g/mol. The smallest absolute Gasteiger partial charge is 0.146 e. The molecule has 0 aliphatic rings. The van der Waals surface area contributed by atoms with E-state index in [1.54, 1.807) is 17.5 Å². The molecule has 2 heterocycles. The van der Waals surface area contributed by atoms with E-state index in [1.165, 1.54) is 4.88 Å². The lowest BCUT2D eigenvalue weighted by Crippen LogP contribution is -2.31. The summed E-state index contributed by atoms with van der Waals surface area (Å²) in [6.45, 7) is 2.20. The predicted octanol–water partition coefficient (Wildman–Crippen LogP) is 2.79. The molecule has 0 spiro atoms. The number of pyridine rings is 1. The van der Waals surface area contributed by atoms with Crippen LogP contribution >= 0.6 is 11.3 Å². The Hall–Kier alpha value is -1.55. The van der Waals surface area contributed by atoms with E-state index < -0.39 is 0 Å². The highest BCUT2D eigenvalue weighted by atomic mass is 32.1. The van der Waals surface area contributed by atoms with Gasteiger partial charge in [0.2, 0.25) is 0 Å². The van der Waals surface area contributed by atoms with E-state index in [9.17, 15) is 0 Å². The molecule has 2 aromatic heterocycles. The highest BCUT2D eigenvalue weighted by Crippen LogP contribution is 2.23. The average Bonchev–Trinajstić information content (AvgIpc) is 2.81. The maximum Gasteiger partial charge on any atom is 0.146 e. The third kappa shape index (κ3) is 2.77. The average molecular weight is 247 g/mol. The number of hydrogen-bond donors (Lipinski definition) is 1. The second-order valence-corrected chi connectivity index (χ2v) is 5.18. The largest absolute Gasteiger partial charge is 0.382 e. The van der Waals surface area contributed by atoms with Gasteiger partial charge in [-0.2, -0.15) is 0 Å². The summed E-state index contributed by atoms with van der Waals surface area (Å²) in [5.41, 5.74) is 6.88. The van der Waals surface area contributed by atoms with Gasteiger partial charge >= 0.3 is 0 Å². The number of likely N-dealkylation sites (N-methyl/N-ethyl adjacent to an activating group) is 1. The molecule has 2 aromatic rings. The van der Waals surface area contributed by atoms with E-state index in [1.807, 2.05) is 12.1 Å². The zero-order valence-corrected chi connectivity index (χ0v) is 10.9.